The van der Waals surface area contributed by atoms with Crippen molar-refractivity contribution in [3.05, 3.63) is 17.6 Å². The first-order valence-electron chi connectivity index (χ1n) is 3.20. The van der Waals surface area contributed by atoms with Crippen LogP contribution in [0.3, 0.4) is 0 Å². The van der Waals surface area contributed by atoms with Crippen LogP contribution in [0.1, 0.15) is 11.5 Å². The molecule has 1 heterocycles. The van der Waals surface area contributed by atoms with Gasteiger partial charge in [0.2, 0.25) is 0 Å². The third-order valence-electron chi connectivity index (χ3n) is 1.21. The van der Waals surface area contributed by atoms with Crippen molar-refractivity contribution >= 4 is 5.82 Å². The summed E-state index contributed by atoms with van der Waals surface area (Å²) in [7, 11) is 1.75. The van der Waals surface area contributed by atoms with Gasteiger partial charge in [0.1, 0.15) is 23.4 Å². The fourth-order valence-electron chi connectivity index (χ4n) is 0.753. The molecule has 1 aromatic rings. The molecule has 0 amide bonds. The van der Waals surface area contributed by atoms with Crippen molar-refractivity contribution in [3.63, 3.8) is 0 Å². The summed E-state index contributed by atoms with van der Waals surface area (Å²) < 4.78 is 0. The van der Waals surface area contributed by atoms with Crippen molar-refractivity contribution in [2.24, 2.45) is 0 Å². The van der Waals surface area contributed by atoms with E-state index in [-0.39, 0.29) is 0 Å². The summed E-state index contributed by atoms with van der Waals surface area (Å²) in [5.74, 6) is 1.28. The zero-order chi connectivity index (χ0) is 8.27. The van der Waals surface area contributed by atoms with Crippen molar-refractivity contribution in [1.29, 1.82) is 5.26 Å². The van der Waals surface area contributed by atoms with E-state index < -0.39 is 0 Å². The number of nitrogens with zero attached hydrogens (tertiary/aromatic N) is 3. The minimum atomic E-state index is 0.391. The van der Waals surface area contributed by atoms with Crippen LogP contribution in [-0.2, 0) is 0 Å². The highest BCUT2D eigenvalue weighted by Gasteiger charge is 1.97. The highest BCUT2D eigenvalue weighted by Crippen LogP contribution is 2.03. The Morgan fingerprint density at radius 2 is 2.27 bits per heavy atom. The molecule has 4 nitrogen and oxygen atoms in total. The molecule has 0 atom stereocenters. The van der Waals surface area contributed by atoms with Gasteiger partial charge in [0.15, 0.2) is 0 Å². The quantitative estimate of drug-likeness (QED) is 0.636. The zero-order valence-corrected chi connectivity index (χ0v) is 6.42. The third kappa shape index (κ3) is 1.64. The van der Waals surface area contributed by atoms with Crippen LogP contribution in [0.25, 0.3) is 0 Å². The molecule has 0 saturated carbocycles. The molecule has 1 N–H and O–H groups in total. The van der Waals surface area contributed by atoms with Gasteiger partial charge in [-0.3, -0.25) is 0 Å². The van der Waals surface area contributed by atoms with Gasteiger partial charge in [-0.2, -0.15) is 5.26 Å². The Balaban J connectivity index is 3.15. The van der Waals surface area contributed by atoms with E-state index in [1.165, 1.54) is 0 Å². The number of anilines is 1. The van der Waals surface area contributed by atoms with Gasteiger partial charge < -0.3 is 5.32 Å². The van der Waals surface area contributed by atoms with E-state index in [4.69, 9.17) is 5.26 Å². The zero-order valence-electron chi connectivity index (χ0n) is 6.42. The van der Waals surface area contributed by atoms with Crippen LogP contribution in [0, 0.1) is 18.3 Å². The standard InChI is InChI=1S/C7H8N4/c1-5-10-6(4-8)3-7(9-2)11-5/h3H,1-2H3,(H,9,10,11). The van der Waals surface area contributed by atoms with Crippen LogP contribution in [-0.4, -0.2) is 17.0 Å². The smallest absolute Gasteiger partial charge is 0.146 e. The Bertz CT molecular complexity index is 300. The van der Waals surface area contributed by atoms with Crippen molar-refractivity contribution in [3.8, 4) is 6.07 Å². The van der Waals surface area contributed by atoms with E-state index in [9.17, 15) is 0 Å². The number of hydrogen-bond acceptors (Lipinski definition) is 4. The Morgan fingerprint density at radius 3 is 2.82 bits per heavy atom. The number of aryl methyl sites for hydroxylation is 1. The summed E-state index contributed by atoms with van der Waals surface area (Å²) in [5, 5.41) is 11.4. The Hall–Kier alpha value is -1.63. The third-order valence-corrected chi connectivity index (χ3v) is 1.21. The second-order valence-electron chi connectivity index (χ2n) is 2.05. The van der Waals surface area contributed by atoms with E-state index in [1.807, 2.05) is 6.07 Å². The predicted octanol–water partition coefficient (Wildman–Crippen LogP) is 0.698. The number of rotatable bonds is 1. The number of nitrogens with one attached hydrogen (secondary N) is 1. The summed E-state index contributed by atoms with van der Waals surface area (Å²) in [6, 6.07) is 3.56. The van der Waals surface area contributed by atoms with Crippen LogP contribution in [0.15, 0.2) is 6.07 Å². The lowest BCUT2D eigenvalue weighted by atomic mass is 10.4. The van der Waals surface area contributed by atoms with Gasteiger partial charge in [-0.05, 0) is 6.92 Å². The number of hydrogen-bond donors (Lipinski definition) is 1. The first-order valence-corrected chi connectivity index (χ1v) is 3.20. The second-order valence-corrected chi connectivity index (χ2v) is 2.05. The molecule has 0 aliphatic carbocycles. The molecule has 1 aromatic heterocycles. The van der Waals surface area contributed by atoms with Crippen LogP contribution < -0.4 is 5.32 Å². The first-order chi connectivity index (χ1) is 5.26. The normalized spacial score (nSPS) is 8.82. The maximum atomic E-state index is 8.51. The number of aromatic nitrogens is 2. The summed E-state index contributed by atoms with van der Waals surface area (Å²) in [6.07, 6.45) is 0. The lowest BCUT2D eigenvalue weighted by molar-refractivity contribution is 1.04. The molecule has 11 heavy (non-hydrogen) atoms. The molecule has 1 rings (SSSR count). The monoisotopic (exact) mass is 148 g/mol. The van der Waals surface area contributed by atoms with Gasteiger partial charge in [0.25, 0.3) is 0 Å². The van der Waals surface area contributed by atoms with Crippen LogP contribution in [0.4, 0.5) is 5.82 Å². The summed E-state index contributed by atoms with van der Waals surface area (Å²) in [6.45, 7) is 1.75. The van der Waals surface area contributed by atoms with Crippen LogP contribution in [0.2, 0.25) is 0 Å². The SMILES string of the molecule is CNc1cc(C#N)nc(C)n1. The summed E-state index contributed by atoms with van der Waals surface area (Å²) >= 11 is 0. The highest BCUT2D eigenvalue weighted by molar-refractivity contribution is 5.38. The number of nitriles is 1. The molecule has 0 radical (unpaired) electrons. The summed E-state index contributed by atoms with van der Waals surface area (Å²) in [4.78, 5) is 7.92. The minimum Gasteiger partial charge on any atom is -0.373 e. The van der Waals surface area contributed by atoms with Gasteiger partial charge in [-0.25, -0.2) is 9.97 Å². The van der Waals surface area contributed by atoms with E-state index in [0.717, 1.165) is 0 Å². The van der Waals surface area contributed by atoms with Gasteiger partial charge in [0.05, 0.1) is 0 Å². The first kappa shape index (κ1) is 7.48. The molecular formula is C7H8N4. The highest BCUT2D eigenvalue weighted by atomic mass is 15.0. The van der Waals surface area contributed by atoms with E-state index in [0.29, 0.717) is 17.3 Å². The summed E-state index contributed by atoms with van der Waals surface area (Å²) in [5.41, 5.74) is 0.391. The van der Waals surface area contributed by atoms with Crippen molar-refractivity contribution in [2.75, 3.05) is 12.4 Å². The van der Waals surface area contributed by atoms with E-state index in [2.05, 4.69) is 15.3 Å². The maximum Gasteiger partial charge on any atom is 0.146 e. The van der Waals surface area contributed by atoms with Crippen molar-refractivity contribution in [2.45, 2.75) is 6.92 Å². The van der Waals surface area contributed by atoms with Gasteiger partial charge in [-0.15, -0.1) is 0 Å². The minimum absolute atomic E-state index is 0.391. The molecule has 0 aliphatic rings. The average Bonchev–Trinajstić information content (AvgIpc) is 2.03. The molecule has 0 aromatic carbocycles. The lowest BCUT2D eigenvalue weighted by Crippen LogP contribution is -1.97. The predicted molar refractivity (Wildman–Crippen MR) is 41.0 cm³/mol. The average molecular weight is 148 g/mol. The lowest BCUT2D eigenvalue weighted by Gasteiger charge is -1.98. The topological polar surface area (TPSA) is 61.6 Å². The molecule has 0 aliphatic heterocycles. The Kier molecular flexibility index (Phi) is 2.02. The Labute approximate surface area is 64.9 Å². The molecule has 0 saturated heterocycles. The van der Waals surface area contributed by atoms with Crippen molar-refractivity contribution < 1.29 is 0 Å². The molecular weight excluding hydrogens is 140 g/mol. The largest absolute Gasteiger partial charge is 0.373 e. The van der Waals surface area contributed by atoms with Gasteiger partial charge >= 0.3 is 0 Å². The van der Waals surface area contributed by atoms with E-state index in [1.54, 1.807) is 20.0 Å². The molecule has 0 unspecified atom stereocenters. The fraction of sp³-hybridized carbons (Fsp3) is 0.286. The van der Waals surface area contributed by atoms with Crippen LogP contribution >= 0.6 is 0 Å². The van der Waals surface area contributed by atoms with E-state index >= 15 is 0 Å². The van der Waals surface area contributed by atoms with Crippen LogP contribution in [0.5, 0.6) is 0 Å². The maximum absolute atomic E-state index is 8.51. The molecule has 0 fully saturated rings. The molecule has 56 valence electrons. The van der Waals surface area contributed by atoms with Gasteiger partial charge in [-0.1, -0.05) is 0 Å². The second kappa shape index (κ2) is 2.97. The van der Waals surface area contributed by atoms with Gasteiger partial charge in [0, 0.05) is 13.1 Å². The Morgan fingerprint density at radius 1 is 1.55 bits per heavy atom. The molecule has 0 bridgehead atoms. The fourth-order valence-corrected chi connectivity index (χ4v) is 0.753. The molecule has 0 spiro atoms. The molecule has 4 heteroatoms. The van der Waals surface area contributed by atoms with Crippen molar-refractivity contribution in [1.82, 2.24) is 9.97 Å².